The normalized spacial score (nSPS) is 11.3. The van der Waals surface area contributed by atoms with Crippen LogP contribution < -0.4 is 5.32 Å². The van der Waals surface area contributed by atoms with Crippen LogP contribution in [0.4, 0.5) is 0 Å². The Morgan fingerprint density at radius 2 is 2.06 bits per heavy atom. The van der Waals surface area contributed by atoms with Gasteiger partial charge in [-0.1, -0.05) is 12.1 Å². The number of hydrogen-bond acceptors (Lipinski definition) is 3. The molecule has 1 aromatic rings. The summed E-state index contributed by atoms with van der Waals surface area (Å²) in [4.78, 5) is 11.8. The van der Waals surface area contributed by atoms with Crippen LogP contribution in [0.15, 0.2) is 24.3 Å². The number of amides is 1. The van der Waals surface area contributed by atoms with Gasteiger partial charge >= 0.3 is 0 Å². The van der Waals surface area contributed by atoms with Crippen LogP contribution in [0.1, 0.15) is 16.8 Å². The molecule has 0 aromatic heterocycles. The molecule has 4 nitrogen and oxygen atoms in total. The fourth-order valence-electron chi connectivity index (χ4n) is 1.58. The number of carbonyl (C=O) groups is 1. The number of nitrogens with one attached hydrogen (secondary N) is 1. The van der Waals surface area contributed by atoms with Gasteiger partial charge in [0.2, 0.25) is 0 Å². The number of aromatic hydroxyl groups is 1. The van der Waals surface area contributed by atoms with Crippen molar-refractivity contribution >= 4 is 14.2 Å². The predicted octanol–water partition coefficient (Wildman–Crippen LogP) is 2.36. The molecule has 0 aliphatic heterocycles. The Hall–Kier alpha value is -1.33. The van der Waals surface area contributed by atoms with Gasteiger partial charge in [-0.15, -0.1) is 0 Å². The molecular formula is C13H21NO3Si. The van der Waals surface area contributed by atoms with Crippen LogP contribution in [0.3, 0.4) is 0 Å². The number of carbonyl (C=O) groups excluding carboxylic acids is 1. The average Bonchev–Trinajstić information content (AvgIpc) is 2.35. The van der Waals surface area contributed by atoms with Gasteiger partial charge in [0, 0.05) is 13.7 Å². The van der Waals surface area contributed by atoms with Gasteiger partial charge in [0.25, 0.3) is 5.91 Å². The van der Waals surface area contributed by atoms with Crippen LogP contribution >= 0.6 is 0 Å². The van der Waals surface area contributed by atoms with Gasteiger partial charge in [0.1, 0.15) is 5.75 Å². The second-order valence-corrected chi connectivity index (χ2v) is 9.27. The van der Waals surface area contributed by atoms with Crippen molar-refractivity contribution in [2.75, 3.05) is 13.7 Å². The lowest BCUT2D eigenvalue weighted by atomic mass is 10.2. The molecule has 0 heterocycles. The van der Waals surface area contributed by atoms with Crippen LogP contribution in [-0.2, 0) is 4.43 Å². The first-order valence-corrected chi connectivity index (χ1v) is 9.19. The van der Waals surface area contributed by atoms with Crippen molar-refractivity contribution in [3.8, 4) is 5.75 Å². The molecule has 100 valence electrons. The Labute approximate surface area is 109 Å². The number of phenols is 1. The van der Waals surface area contributed by atoms with Gasteiger partial charge in [-0.2, -0.15) is 0 Å². The third kappa shape index (κ3) is 4.50. The molecule has 0 spiro atoms. The van der Waals surface area contributed by atoms with Crippen molar-refractivity contribution in [1.29, 1.82) is 0 Å². The standard InChI is InChI=1S/C13H21NO3Si/c1-17-18(2,3)10-6-9-14-13(16)11-7-4-5-8-12(11)15/h4-5,7-8,15H,6,9-10H2,1-3H3,(H,14,16). The maximum atomic E-state index is 11.8. The highest BCUT2D eigenvalue weighted by atomic mass is 28.4. The second-order valence-electron chi connectivity index (χ2n) is 4.84. The molecule has 0 radical (unpaired) electrons. The van der Waals surface area contributed by atoms with Gasteiger partial charge in [0.05, 0.1) is 5.56 Å². The van der Waals surface area contributed by atoms with Gasteiger partial charge in [-0.25, -0.2) is 0 Å². The molecule has 0 fully saturated rings. The molecule has 5 heteroatoms. The third-order valence-electron chi connectivity index (χ3n) is 2.94. The maximum Gasteiger partial charge on any atom is 0.255 e. The molecule has 0 aliphatic carbocycles. The molecule has 1 rings (SSSR count). The molecular weight excluding hydrogens is 246 g/mol. The van der Waals surface area contributed by atoms with Crippen molar-refractivity contribution < 1.29 is 14.3 Å². The van der Waals surface area contributed by atoms with Crippen molar-refractivity contribution in [1.82, 2.24) is 5.32 Å². The molecule has 18 heavy (non-hydrogen) atoms. The molecule has 1 amide bonds. The van der Waals surface area contributed by atoms with Gasteiger partial charge in [-0.3, -0.25) is 4.79 Å². The first-order valence-electron chi connectivity index (χ1n) is 6.07. The van der Waals surface area contributed by atoms with Gasteiger partial charge in [0.15, 0.2) is 8.32 Å². The summed E-state index contributed by atoms with van der Waals surface area (Å²) in [5.74, 6) is -0.216. The lowest BCUT2D eigenvalue weighted by molar-refractivity contribution is 0.0951. The van der Waals surface area contributed by atoms with Crippen LogP contribution in [0.5, 0.6) is 5.75 Å². The summed E-state index contributed by atoms with van der Waals surface area (Å²) >= 11 is 0. The van der Waals surface area contributed by atoms with Crippen LogP contribution in [0.2, 0.25) is 19.1 Å². The minimum atomic E-state index is -1.54. The van der Waals surface area contributed by atoms with Crippen molar-refractivity contribution in [2.45, 2.75) is 25.6 Å². The summed E-state index contributed by atoms with van der Waals surface area (Å²) in [6.45, 7) is 4.91. The zero-order chi connectivity index (χ0) is 13.6. The molecule has 0 aliphatic rings. The average molecular weight is 267 g/mol. The van der Waals surface area contributed by atoms with E-state index in [1.54, 1.807) is 25.3 Å². The van der Waals surface area contributed by atoms with E-state index in [-0.39, 0.29) is 11.7 Å². The van der Waals surface area contributed by atoms with Gasteiger partial charge < -0.3 is 14.8 Å². The third-order valence-corrected chi connectivity index (χ3v) is 5.61. The highest BCUT2D eigenvalue weighted by Gasteiger charge is 2.19. The van der Waals surface area contributed by atoms with Crippen LogP contribution in [0.25, 0.3) is 0 Å². The molecule has 1 aromatic carbocycles. The second kappa shape index (κ2) is 6.56. The highest BCUT2D eigenvalue weighted by molar-refractivity contribution is 6.71. The van der Waals surface area contributed by atoms with E-state index >= 15 is 0 Å². The first kappa shape index (κ1) is 14.7. The minimum Gasteiger partial charge on any atom is -0.507 e. The minimum absolute atomic E-state index is 0.0154. The lowest BCUT2D eigenvalue weighted by Crippen LogP contribution is -2.31. The number of benzene rings is 1. The summed E-state index contributed by atoms with van der Waals surface area (Å²) in [5.41, 5.74) is 0.320. The van der Waals surface area contributed by atoms with E-state index in [1.165, 1.54) is 6.07 Å². The quantitative estimate of drug-likeness (QED) is 0.614. The van der Waals surface area contributed by atoms with E-state index in [1.807, 2.05) is 0 Å². The fourth-order valence-corrected chi connectivity index (χ4v) is 2.81. The monoisotopic (exact) mass is 267 g/mol. The molecule has 0 saturated carbocycles. The zero-order valence-electron chi connectivity index (χ0n) is 11.2. The smallest absolute Gasteiger partial charge is 0.255 e. The number of hydrogen-bond donors (Lipinski definition) is 2. The van der Waals surface area contributed by atoms with E-state index in [9.17, 15) is 9.90 Å². The molecule has 0 bridgehead atoms. The Balaban J connectivity index is 2.37. The van der Waals surface area contributed by atoms with Gasteiger partial charge in [-0.05, 0) is 37.7 Å². The lowest BCUT2D eigenvalue weighted by Gasteiger charge is -2.19. The Morgan fingerprint density at radius 3 is 2.67 bits per heavy atom. The van der Waals surface area contributed by atoms with E-state index < -0.39 is 8.32 Å². The number of rotatable bonds is 6. The molecule has 0 saturated heterocycles. The molecule has 0 atom stereocenters. The number of para-hydroxylation sites is 1. The van der Waals surface area contributed by atoms with E-state index in [2.05, 4.69) is 18.4 Å². The van der Waals surface area contributed by atoms with E-state index in [4.69, 9.17) is 4.43 Å². The first-order chi connectivity index (χ1) is 8.46. The topological polar surface area (TPSA) is 58.6 Å². The Morgan fingerprint density at radius 1 is 1.39 bits per heavy atom. The summed E-state index contributed by atoms with van der Waals surface area (Å²) < 4.78 is 5.43. The van der Waals surface area contributed by atoms with Crippen molar-refractivity contribution in [2.24, 2.45) is 0 Å². The van der Waals surface area contributed by atoms with E-state index in [0.29, 0.717) is 12.1 Å². The maximum absolute atomic E-state index is 11.8. The van der Waals surface area contributed by atoms with Crippen LogP contribution in [0, 0.1) is 0 Å². The highest BCUT2D eigenvalue weighted by Crippen LogP contribution is 2.15. The number of phenolic OH excluding ortho intramolecular Hbond substituents is 1. The Kier molecular flexibility index (Phi) is 5.37. The fraction of sp³-hybridized carbons (Fsp3) is 0.462. The molecule has 0 unspecified atom stereocenters. The summed E-state index contributed by atoms with van der Waals surface area (Å²) in [6.07, 6.45) is 0.895. The SMILES string of the molecule is CO[Si](C)(C)CCCNC(=O)c1ccccc1O. The van der Waals surface area contributed by atoms with Crippen molar-refractivity contribution in [3.63, 3.8) is 0 Å². The summed E-state index contributed by atoms with van der Waals surface area (Å²) in [5, 5.41) is 12.3. The van der Waals surface area contributed by atoms with Crippen LogP contribution in [-0.4, -0.2) is 33.0 Å². The predicted molar refractivity (Wildman–Crippen MR) is 74.4 cm³/mol. The van der Waals surface area contributed by atoms with E-state index in [0.717, 1.165) is 12.5 Å². The molecule has 2 N–H and O–H groups in total. The largest absolute Gasteiger partial charge is 0.507 e. The summed E-state index contributed by atoms with van der Waals surface area (Å²) in [7, 11) is 0.203. The summed E-state index contributed by atoms with van der Waals surface area (Å²) in [6, 6.07) is 7.55. The van der Waals surface area contributed by atoms with Crippen molar-refractivity contribution in [3.05, 3.63) is 29.8 Å². The Bertz CT molecular complexity index is 407. The zero-order valence-corrected chi connectivity index (χ0v) is 12.2.